The molecule has 17 heavy (non-hydrogen) atoms. The third kappa shape index (κ3) is 2.01. The monoisotopic (exact) mass is 233 g/mol. The van der Waals surface area contributed by atoms with Gasteiger partial charge in [0.2, 0.25) is 0 Å². The number of nitrogens with zero attached hydrogens (tertiary/aromatic N) is 2. The molecule has 2 aliphatic rings. The van der Waals surface area contributed by atoms with Crippen molar-refractivity contribution in [2.75, 3.05) is 6.54 Å². The molecule has 3 rings (SSSR count). The first-order valence-electron chi connectivity index (χ1n) is 7.04. The van der Waals surface area contributed by atoms with Gasteiger partial charge in [-0.15, -0.1) is 0 Å². The minimum Gasteiger partial charge on any atom is -0.308 e. The molecule has 3 heteroatoms. The van der Waals surface area contributed by atoms with Gasteiger partial charge in [-0.05, 0) is 49.6 Å². The van der Waals surface area contributed by atoms with Crippen LogP contribution in [0.4, 0.5) is 0 Å². The lowest BCUT2D eigenvalue weighted by Crippen LogP contribution is -2.26. The summed E-state index contributed by atoms with van der Waals surface area (Å²) < 4.78 is 1.92. The maximum atomic E-state index is 4.61. The quantitative estimate of drug-likeness (QED) is 0.847. The molecule has 1 N–H and O–H groups in total. The predicted molar refractivity (Wildman–Crippen MR) is 68.6 cm³/mol. The van der Waals surface area contributed by atoms with Crippen LogP contribution >= 0.6 is 0 Å². The van der Waals surface area contributed by atoms with Crippen LogP contribution in [0.25, 0.3) is 0 Å². The van der Waals surface area contributed by atoms with Crippen molar-refractivity contribution in [1.82, 2.24) is 15.1 Å². The van der Waals surface area contributed by atoms with Gasteiger partial charge < -0.3 is 5.32 Å². The van der Waals surface area contributed by atoms with E-state index in [1.54, 1.807) is 0 Å². The van der Waals surface area contributed by atoms with E-state index in [1.807, 2.05) is 11.7 Å². The summed E-state index contributed by atoms with van der Waals surface area (Å²) in [5, 5.41) is 8.32. The highest BCUT2D eigenvalue weighted by molar-refractivity contribution is 5.16. The summed E-state index contributed by atoms with van der Waals surface area (Å²) in [6, 6.07) is 2.69. The second-order valence-corrected chi connectivity index (χ2v) is 5.68. The molecule has 3 nitrogen and oxygen atoms in total. The number of fused-ring (bicyclic) bond motifs is 1. The molecule has 0 saturated heterocycles. The lowest BCUT2D eigenvalue weighted by Gasteiger charge is -2.18. The Labute approximate surface area is 104 Å². The zero-order valence-corrected chi connectivity index (χ0v) is 10.9. The number of hydrogen-bond acceptors (Lipinski definition) is 2. The third-order valence-corrected chi connectivity index (χ3v) is 4.52. The Balaban J connectivity index is 1.73. The van der Waals surface area contributed by atoms with Gasteiger partial charge in [-0.25, -0.2) is 0 Å². The SMILES string of the molecule is CCCNC(c1ccn(C)n1)C1C2CCCC21. The normalized spacial score (nSPS) is 32.5. The summed E-state index contributed by atoms with van der Waals surface area (Å²) in [5.41, 5.74) is 1.25. The van der Waals surface area contributed by atoms with Crippen LogP contribution in [-0.2, 0) is 7.05 Å². The smallest absolute Gasteiger partial charge is 0.0796 e. The van der Waals surface area contributed by atoms with Crippen molar-refractivity contribution in [3.05, 3.63) is 18.0 Å². The van der Waals surface area contributed by atoms with Gasteiger partial charge in [-0.2, -0.15) is 5.10 Å². The van der Waals surface area contributed by atoms with Crippen molar-refractivity contribution in [1.29, 1.82) is 0 Å². The number of hydrogen-bond donors (Lipinski definition) is 1. The zero-order chi connectivity index (χ0) is 11.8. The molecule has 2 fully saturated rings. The molecule has 0 amide bonds. The molecule has 94 valence electrons. The lowest BCUT2D eigenvalue weighted by molar-refractivity contribution is 0.407. The summed E-state index contributed by atoms with van der Waals surface area (Å²) >= 11 is 0. The van der Waals surface area contributed by atoms with E-state index in [2.05, 4.69) is 29.6 Å². The lowest BCUT2D eigenvalue weighted by atomic mass is 10.0. The van der Waals surface area contributed by atoms with E-state index in [0.29, 0.717) is 6.04 Å². The molecule has 1 heterocycles. The first-order chi connectivity index (χ1) is 8.31. The van der Waals surface area contributed by atoms with Crippen molar-refractivity contribution in [3.63, 3.8) is 0 Å². The van der Waals surface area contributed by atoms with Crippen LogP contribution in [0.5, 0.6) is 0 Å². The minimum absolute atomic E-state index is 0.506. The molecule has 2 aliphatic carbocycles. The summed E-state index contributed by atoms with van der Waals surface area (Å²) in [7, 11) is 2.01. The molecule has 1 aromatic rings. The molecule has 0 aromatic carbocycles. The average Bonchev–Trinajstić information content (AvgIpc) is 2.73. The Morgan fingerprint density at radius 3 is 2.82 bits per heavy atom. The molecular formula is C14H23N3. The molecule has 3 unspecified atom stereocenters. The van der Waals surface area contributed by atoms with Crippen LogP contribution in [-0.4, -0.2) is 16.3 Å². The van der Waals surface area contributed by atoms with Gasteiger partial charge in [0, 0.05) is 13.2 Å². The van der Waals surface area contributed by atoms with Gasteiger partial charge in [0.1, 0.15) is 0 Å². The van der Waals surface area contributed by atoms with Crippen molar-refractivity contribution in [3.8, 4) is 0 Å². The van der Waals surface area contributed by atoms with E-state index in [4.69, 9.17) is 0 Å². The van der Waals surface area contributed by atoms with Gasteiger partial charge in [-0.3, -0.25) is 4.68 Å². The summed E-state index contributed by atoms with van der Waals surface area (Å²) in [5.74, 6) is 2.85. The van der Waals surface area contributed by atoms with E-state index < -0.39 is 0 Å². The van der Waals surface area contributed by atoms with Crippen LogP contribution in [0.1, 0.15) is 44.3 Å². The Morgan fingerprint density at radius 2 is 2.24 bits per heavy atom. The second kappa shape index (κ2) is 4.45. The highest BCUT2D eigenvalue weighted by atomic mass is 15.3. The molecule has 0 aliphatic heterocycles. The highest BCUT2D eigenvalue weighted by Gasteiger charge is 2.56. The summed E-state index contributed by atoms with van der Waals surface area (Å²) in [6.45, 7) is 3.34. The summed E-state index contributed by atoms with van der Waals surface area (Å²) in [6.07, 6.45) is 7.62. The van der Waals surface area contributed by atoms with Gasteiger partial charge in [0.15, 0.2) is 0 Å². The average molecular weight is 233 g/mol. The second-order valence-electron chi connectivity index (χ2n) is 5.68. The minimum atomic E-state index is 0.506. The number of rotatable bonds is 5. The van der Waals surface area contributed by atoms with Crippen molar-refractivity contribution in [2.24, 2.45) is 24.8 Å². The standard InChI is InChI=1S/C14H23N3/c1-3-8-15-14(12-7-9-17(2)16-12)13-10-5-4-6-11(10)13/h7,9-11,13-15H,3-6,8H2,1-2H3. The molecule has 0 radical (unpaired) electrons. The Bertz CT molecular complexity index is 375. The van der Waals surface area contributed by atoms with Crippen molar-refractivity contribution >= 4 is 0 Å². The highest BCUT2D eigenvalue weighted by Crippen LogP contribution is 2.61. The number of nitrogens with one attached hydrogen (secondary N) is 1. The molecule has 2 saturated carbocycles. The number of aryl methyl sites for hydroxylation is 1. The van der Waals surface area contributed by atoms with Crippen LogP contribution in [0.3, 0.4) is 0 Å². The van der Waals surface area contributed by atoms with E-state index in [-0.39, 0.29) is 0 Å². The van der Waals surface area contributed by atoms with E-state index in [1.165, 1.54) is 31.4 Å². The topological polar surface area (TPSA) is 29.9 Å². The maximum absolute atomic E-state index is 4.61. The molecule has 1 aromatic heterocycles. The Hall–Kier alpha value is -0.830. The van der Waals surface area contributed by atoms with Crippen molar-refractivity contribution in [2.45, 2.75) is 38.6 Å². The van der Waals surface area contributed by atoms with Crippen molar-refractivity contribution < 1.29 is 0 Å². The van der Waals surface area contributed by atoms with Crippen LogP contribution in [0.15, 0.2) is 12.3 Å². The van der Waals surface area contributed by atoms with Gasteiger partial charge >= 0.3 is 0 Å². The molecular weight excluding hydrogens is 210 g/mol. The number of aromatic nitrogens is 2. The van der Waals surface area contributed by atoms with E-state index in [0.717, 1.165) is 24.3 Å². The van der Waals surface area contributed by atoms with Gasteiger partial charge in [-0.1, -0.05) is 13.3 Å². The van der Waals surface area contributed by atoms with E-state index in [9.17, 15) is 0 Å². The maximum Gasteiger partial charge on any atom is 0.0796 e. The zero-order valence-electron chi connectivity index (χ0n) is 10.9. The fraction of sp³-hybridized carbons (Fsp3) is 0.786. The molecule has 0 bridgehead atoms. The van der Waals surface area contributed by atoms with Gasteiger partial charge in [0.05, 0.1) is 11.7 Å². The Kier molecular flexibility index (Phi) is 2.95. The third-order valence-electron chi connectivity index (χ3n) is 4.52. The molecule has 3 atom stereocenters. The van der Waals surface area contributed by atoms with Crippen LogP contribution in [0, 0.1) is 17.8 Å². The van der Waals surface area contributed by atoms with Crippen LogP contribution in [0.2, 0.25) is 0 Å². The predicted octanol–water partition coefficient (Wildman–Crippen LogP) is 2.51. The summed E-state index contributed by atoms with van der Waals surface area (Å²) in [4.78, 5) is 0. The van der Waals surface area contributed by atoms with Gasteiger partial charge in [0.25, 0.3) is 0 Å². The molecule has 0 spiro atoms. The van der Waals surface area contributed by atoms with Crippen LogP contribution < -0.4 is 5.32 Å². The largest absolute Gasteiger partial charge is 0.308 e. The first kappa shape index (κ1) is 11.3. The first-order valence-corrected chi connectivity index (χ1v) is 7.04. The van der Waals surface area contributed by atoms with E-state index >= 15 is 0 Å². The fourth-order valence-electron chi connectivity index (χ4n) is 3.71. The Morgan fingerprint density at radius 1 is 1.47 bits per heavy atom. The fourth-order valence-corrected chi connectivity index (χ4v) is 3.71.